The fourth-order valence-electron chi connectivity index (χ4n) is 1.27. The van der Waals surface area contributed by atoms with Gasteiger partial charge in [0.1, 0.15) is 11.5 Å². The Bertz CT molecular complexity index is 361. The van der Waals surface area contributed by atoms with Gasteiger partial charge in [-0.3, -0.25) is 4.79 Å². The van der Waals surface area contributed by atoms with Gasteiger partial charge < -0.3 is 9.47 Å². The number of alkyl halides is 1. The van der Waals surface area contributed by atoms with Crippen LogP contribution in [0.3, 0.4) is 0 Å². The van der Waals surface area contributed by atoms with Gasteiger partial charge in [-0.25, -0.2) is 4.39 Å². The molecule has 0 heterocycles. The molecule has 0 radical (unpaired) electrons. The van der Waals surface area contributed by atoms with Crippen molar-refractivity contribution in [2.75, 3.05) is 14.2 Å². The van der Waals surface area contributed by atoms with Crippen LogP contribution in [0.4, 0.5) is 4.39 Å². The van der Waals surface area contributed by atoms with Crippen LogP contribution >= 0.6 is 0 Å². The molecule has 4 heteroatoms. The van der Waals surface area contributed by atoms with Crippen molar-refractivity contribution < 1.29 is 18.7 Å². The zero-order chi connectivity index (χ0) is 11.5. The lowest BCUT2D eigenvalue weighted by atomic mass is 9.98. The maximum absolute atomic E-state index is 13.7. The van der Waals surface area contributed by atoms with Crippen molar-refractivity contribution in [3.8, 4) is 11.5 Å². The molecule has 0 aromatic heterocycles. The van der Waals surface area contributed by atoms with E-state index >= 15 is 0 Å². The Morgan fingerprint density at radius 2 is 2.00 bits per heavy atom. The van der Waals surface area contributed by atoms with Crippen LogP contribution in [-0.2, 0) is 10.5 Å². The number of hydrogen-bond acceptors (Lipinski definition) is 3. The lowest BCUT2D eigenvalue weighted by molar-refractivity contribution is -0.117. The summed E-state index contributed by atoms with van der Waals surface area (Å²) in [6.45, 7) is 1.18. The first-order chi connectivity index (χ1) is 7.05. The molecule has 15 heavy (non-hydrogen) atoms. The minimum absolute atomic E-state index is 0.195. The Kier molecular flexibility index (Phi) is 3.29. The van der Waals surface area contributed by atoms with Gasteiger partial charge in [-0.15, -0.1) is 0 Å². The first-order valence-corrected chi connectivity index (χ1v) is 4.43. The van der Waals surface area contributed by atoms with Crippen LogP contribution in [-0.4, -0.2) is 20.5 Å². The molecule has 0 saturated heterocycles. The second kappa shape index (κ2) is 4.29. The van der Waals surface area contributed by atoms with Crippen LogP contribution in [0, 0.1) is 0 Å². The van der Waals surface area contributed by atoms with Gasteiger partial charge in [0, 0.05) is 11.6 Å². The highest BCUT2D eigenvalue weighted by Gasteiger charge is 2.28. The van der Waals surface area contributed by atoms with Crippen molar-refractivity contribution in [2.45, 2.75) is 12.6 Å². The lowest BCUT2D eigenvalue weighted by Crippen LogP contribution is -2.17. The van der Waals surface area contributed by atoms with Crippen LogP contribution in [0.15, 0.2) is 18.2 Å². The number of carbonyl (C=O) groups is 1. The maximum atomic E-state index is 13.7. The predicted octanol–water partition coefficient (Wildman–Crippen LogP) is 2.09. The second-order valence-corrected chi connectivity index (χ2v) is 3.26. The average Bonchev–Trinajstić information content (AvgIpc) is 2.28. The van der Waals surface area contributed by atoms with E-state index < -0.39 is 5.67 Å². The minimum atomic E-state index is -2.04. The SMILES string of the molecule is COc1ccc(C(C)(F)C=O)c(OC)c1. The molecule has 1 rings (SSSR count). The summed E-state index contributed by atoms with van der Waals surface area (Å²) in [6, 6.07) is 4.60. The molecule has 0 saturated carbocycles. The first-order valence-electron chi connectivity index (χ1n) is 4.43. The van der Waals surface area contributed by atoms with Gasteiger partial charge >= 0.3 is 0 Å². The Balaban J connectivity index is 3.24. The highest BCUT2D eigenvalue weighted by Crippen LogP contribution is 2.34. The van der Waals surface area contributed by atoms with Crippen LogP contribution in [0.1, 0.15) is 12.5 Å². The van der Waals surface area contributed by atoms with E-state index in [1.807, 2.05) is 0 Å². The van der Waals surface area contributed by atoms with Crippen molar-refractivity contribution in [3.63, 3.8) is 0 Å². The highest BCUT2D eigenvalue weighted by atomic mass is 19.1. The van der Waals surface area contributed by atoms with Gasteiger partial charge in [0.2, 0.25) is 0 Å². The molecule has 1 unspecified atom stereocenters. The average molecular weight is 212 g/mol. The summed E-state index contributed by atoms with van der Waals surface area (Å²) in [6.07, 6.45) is 0.247. The Hall–Kier alpha value is -1.58. The molecule has 0 spiro atoms. The van der Waals surface area contributed by atoms with Crippen molar-refractivity contribution in [1.82, 2.24) is 0 Å². The third-order valence-corrected chi connectivity index (χ3v) is 2.16. The molecule has 0 fully saturated rings. The van der Waals surface area contributed by atoms with Crippen molar-refractivity contribution >= 4 is 6.29 Å². The van der Waals surface area contributed by atoms with Crippen LogP contribution in [0.25, 0.3) is 0 Å². The Morgan fingerprint density at radius 1 is 1.33 bits per heavy atom. The van der Waals surface area contributed by atoms with E-state index in [0.717, 1.165) is 0 Å². The Morgan fingerprint density at radius 3 is 2.47 bits per heavy atom. The van der Waals surface area contributed by atoms with Gasteiger partial charge in [0.05, 0.1) is 14.2 Å². The number of benzene rings is 1. The molecule has 1 aromatic rings. The van der Waals surface area contributed by atoms with Crippen LogP contribution < -0.4 is 9.47 Å². The molecule has 1 aromatic carbocycles. The molecule has 0 N–H and O–H groups in total. The normalized spacial score (nSPS) is 14.1. The third kappa shape index (κ3) is 2.26. The van der Waals surface area contributed by atoms with Gasteiger partial charge in [-0.05, 0) is 19.1 Å². The summed E-state index contributed by atoms with van der Waals surface area (Å²) < 4.78 is 23.7. The standard InChI is InChI=1S/C11H13FO3/c1-11(12,7-13)9-5-4-8(14-2)6-10(9)15-3/h4-7H,1-3H3. The van der Waals surface area contributed by atoms with Crippen molar-refractivity contribution in [2.24, 2.45) is 0 Å². The molecular weight excluding hydrogens is 199 g/mol. The fraction of sp³-hybridized carbons (Fsp3) is 0.364. The molecular formula is C11H13FO3. The fourth-order valence-corrected chi connectivity index (χ4v) is 1.27. The zero-order valence-electron chi connectivity index (χ0n) is 8.91. The van der Waals surface area contributed by atoms with Gasteiger partial charge in [-0.2, -0.15) is 0 Å². The molecule has 82 valence electrons. The van der Waals surface area contributed by atoms with E-state index in [1.165, 1.54) is 33.3 Å². The summed E-state index contributed by atoms with van der Waals surface area (Å²) in [7, 11) is 2.92. The van der Waals surface area contributed by atoms with Gasteiger partial charge in [0.15, 0.2) is 12.0 Å². The molecule has 0 aliphatic heterocycles. The maximum Gasteiger partial charge on any atom is 0.191 e. The summed E-state index contributed by atoms with van der Waals surface area (Å²) in [5, 5.41) is 0. The number of rotatable bonds is 4. The topological polar surface area (TPSA) is 35.5 Å². The van der Waals surface area contributed by atoms with E-state index in [2.05, 4.69) is 0 Å². The van der Waals surface area contributed by atoms with Crippen molar-refractivity contribution in [1.29, 1.82) is 0 Å². The number of aldehydes is 1. The summed E-state index contributed by atoms with van der Waals surface area (Å²) in [4.78, 5) is 10.6. The number of hydrogen-bond donors (Lipinski definition) is 0. The summed E-state index contributed by atoms with van der Waals surface area (Å²) >= 11 is 0. The van der Waals surface area contributed by atoms with Crippen LogP contribution in [0.5, 0.6) is 11.5 Å². The van der Waals surface area contributed by atoms with E-state index in [4.69, 9.17) is 9.47 Å². The first kappa shape index (κ1) is 11.5. The number of methoxy groups -OCH3 is 2. The molecule has 3 nitrogen and oxygen atoms in total. The zero-order valence-corrected chi connectivity index (χ0v) is 8.91. The van der Waals surface area contributed by atoms with E-state index in [0.29, 0.717) is 11.5 Å². The molecule has 0 aliphatic carbocycles. The quantitative estimate of drug-likeness (QED) is 0.717. The number of halogens is 1. The number of ether oxygens (including phenoxy) is 2. The summed E-state index contributed by atoms with van der Waals surface area (Å²) in [5.74, 6) is 0.851. The van der Waals surface area contributed by atoms with Crippen molar-refractivity contribution in [3.05, 3.63) is 23.8 Å². The smallest absolute Gasteiger partial charge is 0.191 e. The monoisotopic (exact) mass is 212 g/mol. The second-order valence-electron chi connectivity index (χ2n) is 3.26. The van der Waals surface area contributed by atoms with E-state index in [1.54, 1.807) is 6.07 Å². The number of carbonyl (C=O) groups excluding carboxylic acids is 1. The molecule has 0 bridgehead atoms. The van der Waals surface area contributed by atoms with Gasteiger partial charge in [-0.1, -0.05) is 0 Å². The predicted molar refractivity (Wildman–Crippen MR) is 54.1 cm³/mol. The lowest BCUT2D eigenvalue weighted by Gasteiger charge is -2.17. The Labute approximate surface area is 87.8 Å². The summed E-state index contributed by atoms with van der Waals surface area (Å²) in [5.41, 5.74) is -1.85. The van der Waals surface area contributed by atoms with Crippen LogP contribution in [0.2, 0.25) is 0 Å². The van der Waals surface area contributed by atoms with E-state index in [-0.39, 0.29) is 11.8 Å². The largest absolute Gasteiger partial charge is 0.497 e. The minimum Gasteiger partial charge on any atom is -0.497 e. The van der Waals surface area contributed by atoms with E-state index in [9.17, 15) is 9.18 Å². The third-order valence-electron chi connectivity index (χ3n) is 2.16. The van der Waals surface area contributed by atoms with Gasteiger partial charge in [0.25, 0.3) is 0 Å². The molecule has 0 amide bonds. The highest BCUT2D eigenvalue weighted by molar-refractivity contribution is 5.67. The molecule has 1 atom stereocenters. The molecule has 0 aliphatic rings.